The molecule has 0 unspecified atom stereocenters. The zero-order valence-electron chi connectivity index (χ0n) is 15.7. The summed E-state index contributed by atoms with van der Waals surface area (Å²) in [7, 11) is 0. The number of carboxylic acids is 1. The van der Waals surface area contributed by atoms with Crippen LogP contribution in [0.4, 0.5) is 11.4 Å². The maximum Gasteiger partial charge on any atom is 0.335 e. The quantitative estimate of drug-likeness (QED) is 0.338. The number of aliphatic hydroxyl groups excluding tert-OH is 1. The summed E-state index contributed by atoms with van der Waals surface area (Å²) in [6, 6.07) is 11.8. The topological polar surface area (TPSA) is 166 Å². The molecule has 10 nitrogen and oxygen atoms in total. The second-order valence-electron chi connectivity index (χ2n) is 6.56. The lowest BCUT2D eigenvalue weighted by molar-refractivity contribution is -0.150. The Hall–Kier alpha value is -3.76. The highest BCUT2D eigenvalue weighted by Gasteiger charge is 2.39. The van der Waals surface area contributed by atoms with Gasteiger partial charge in [-0.15, -0.1) is 0 Å². The van der Waals surface area contributed by atoms with E-state index >= 15 is 0 Å². The number of amidine groups is 1. The zero-order chi connectivity index (χ0) is 21.8. The molecule has 3 rings (SSSR count). The Balaban J connectivity index is 1.69. The molecule has 1 aliphatic rings. The minimum absolute atomic E-state index is 0.0752. The van der Waals surface area contributed by atoms with Crippen LogP contribution in [-0.4, -0.2) is 59.2 Å². The van der Waals surface area contributed by atoms with Gasteiger partial charge in [0.2, 0.25) is 0 Å². The molecule has 0 bridgehead atoms. The molecular weight excluding hydrogens is 392 g/mol. The molecule has 0 saturated carbocycles. The number of anilines is 2. The number of rotatable bonds is 6. The fourth-order valence-electron chi connectivity index (χ4n) is 2.96. The molecule has 30 heavy (non-hydrogen) atoms. The van der Waals surface area contributed by atoms with Crippen LogP contribution in [0.5, 0.6) is 0 Å². The van der Waals surface area contributed by atoms with Crippen molar-refractivity contribution in [2.24, 2.45) is 5.73 Å². The van der Waals surface area contributed by atoms with Gasteiger partial charge in [0.15, 0.2) is 12.2 Å². The minimum Gasteiger partial charge on any atom is -0.478 e. The number of benzene rings is 2. The average Bonchev–Trinajstić information content (AvgIpc) is 2.74. The Morgan fingerprint density at radius 3 is 2.30 bits per heavy atom. The van der Waals surface area contributed by atoms with Gasteiger partial charge in [-0.2, -0.15) is 0 Å². The molecule has 0 radical (unpaired) electrons. The highest BCUT2D eigenvalue weighted by atomic mass is 16.5. The first-order chi connectivity index (χ1) is 14.3. The lowest BCUT2D eigenvalue weighted by Crippen LogP contribution is -2.55. The van der Waals surface area contributed by atoms with Crippen LogP contribution in [0.15, 0.2) is 48.5 Å². The third-order valence-corrected chi connectivity index (χ3v) is 4.57. The molecule has 0 spiro atoms. The predicted molar refractivity (Wildman–Crippen MR) is 108 cm³/mol. The number of carbonyl (C=O) groups is 3. The Bertz CT molecular complexity index is 974. The van der Waals surface area contributed by atoms with Crippen LogP contribution in [0, 0.1) is 5.41 Å². The van der Waals surface area contributed by atoms with E-state index in [0.29, 0.717) is 16.9 Å². The standard InChI is InChI=1S/C20H20N4O6/c21-17(22)11-1-5-13(6-2-11)23-18(26)15(25)16-19(27)24(9-10-30-16)14-7-3-12(4-8-14)20(28)29/h1-8,15-16,25H,9-10H2,(H3,21,22)(H,23,26)(H,28,29)/t15-,16-/m1/s1. The molecule has 1 heterocycles. The van der Waals surface area contributed by atoms with Crippen LogP contribution in [-0.2, 0) is 14.3 Å². The number of hydrogen-bond donors (Lipinski definition) is 5. The van der Waals surface area contributed by atoms with Gasteiger partial charge in [0.1, 0.15) is 5.84 Å². The Morgan fingerprint density at radius 1 is 1.13 bits per heavy atom. The molecule has 2 atom stereocenters. The molecule has 1 aliphatic heterocycles. The van der Waals surface area contributed by atoms with E-state index in [1.54, 1.807) is 0 Å². The van der Waals surface area contributed by atoms with Crippen LogP contribution >= 0.6 is 0 Å². The van der Waals surface area contributed by atoms with Crippen molar-refractivity contribution in [3.05, 3.63) is 59.7 Å². The maximum absolute atomic E-state index is 12.8. The number of ether oxygens (including phenoxy) is 1. The summed E-state index contributed by atoms with van der Waals surface area (Å²) in [5.41, 5.74) is 6.72. The van der Waals surface area contributed by atoms with Gasteiger partial charge >= 0.3 is 5.97 Å². The van der Waals surface area contributed by atoms with Crippen LogP contribution in [0.2, 0.25) is 0 Å². The van der Waals surface area contributed by atoms with Crippen molar-refractivity contribution in [2.45, 2.75) is 12.2 Å². The third-order valence-electron chi connectivity index (χ3n) is 4.57. The molecule has 2 amide bonds. The Morgan fingerprint density at radius 2 is 1.73 bits per heavy atom. The van der Waals surface area contributed by atoms with Gasteiger partial charge in [-0.05, 0) is 48.5 Å². The summed E-state index contributed by atoms with van der Waals surface area (Å²) in [5, 5.41) is 29.2. The monoisotopic (exact) mass is 412 g/mol. The number of carbonyl (C=O) groups excluding carboxylic acids is 2. The van der Waals surface area contributed by atoms with Crippen molar-refractivity contribution < 1.29 is 29.3 Å². The molecule has 2 aromatic carbocycles. The van der Waals surface area contributed by atoms with Gasteiger partial charge in [-0.25, -0.2) is 4.79 Å². The summed E-state index contributed by atoms with van der Waals surface area (Å²) in [4.78, 5) is 37.5. The van der Waals surface area contributed by atoms with Crippen molar-refractivity contribution in [1.29, 1.82) is 5.41 Å². The molecule has 6 N–H and O–H groups in total. The fourth-order valence-corrected chi connectivity index (χ4v) is 2.96. The van der Waals surface area contributed by atoms with Gasteiger partial charge in [0.05, 0.1) is 12.2 Å². The highest BCUT2D eigenvalue weighted by Crippen LogP contribution is 2.22. The van der Waals surface area contributed by atoms with Crippen molar-refractivity contribution in [3.8, 4) is 0 Å². The Kier molecular flexibility index (Phi) is 6.09. The van der Waals surface area contributed by atoms with Crippen molar-refractivity contribution in [2.75, 3.05) is 23.4 Å². The molecule has 0 aliphatic carbocycles. The number of carboxylic acid groups (broad SMARTS) is 1. The first-order valence-corrected chi connectivity index (χ1v) is 8.97. The van der Waals surface area contributed by atoms with Gasteiger partial charge in [-0.1, -0.05) is 0 Å². The van der Waals surface area contributed by atoms with E-state index in [9.17, 15) is 19.5 Å². The fraction of sp³-hybridized carbons (Fsp3) is 0.200. The number of morpholine rings is 1. The average molecular weight is 412 g/mol. The number of amides is 2. The van der Waals surface area contributed by atoms with E-state index in [4.69, 9.17) is 21.0 Å². The number of nitrogens with two attached hydrogens (primary N) is 1. The van der Waals surface area contributed by atoms with Crippen LogP contribution < -0.4 is 16.0 Å². The number of hydrogen-bond acceptors (Lipinski definition) is 6. The minimum atomic E-state index is -1.76. The first kappa shape index (κ1) is 21.0. The summed E-state index contributed by atoms with van der Waals surface area (Å²) < 4.78 is 5.33. The van der Waals surface area contributed by atoms with Crippen molar-refractivity contribution >= 4 is 35.0 Å². The Labute approximate surface area is 171 Å². The van der Waals surface area contributed by atoms with Crippen molar-refractivity contribution in [1.82, 2.24) is 0 Å². The SMILES string of the molecule is N=C(N)c1ccc(NC(=O)[C@H](O)[C@H]2OCCN(c3ccc(C(=O)O)cc3)C2=O)cc1. The molecule has 0 aromatic heterocycles. The second-order valence-corrected chi connectivity index (χ2v) is 6.56. The first-order valence-electron chi connectivity index (χ1n) is 8.97. The van der Waals surface area contributed by atoms with Crippen LogP contribution in [0.3, 0.4) is 0 Å². The van der Waals surface area contributed by atoms with E-state index in [-0.39, 0.29) is 24.6 Å². The van der Waals surface area contributed by atoms with E-state index in [0.717, 1.165) is 0 Å². The summed E-state index contributed by atoms with van der Waals surface area (Å²) in [6.45, 7) is 0.289. The molecule has 156 valence electrons. The lowest BCUT2D eigenvalue weighted by Gasteiger charge is -2.34. The number of aromatic carboxylic acids is 1. The summed E-state index contributed by atoms with van der Waals surface area (Å²) in [6.07, 6.45) is -3.17. The number of nitrogen functional groups attached to an aromatic ring is 1. The predicted octanol–water partition coefficient (Wildman–Crippen LogP) is 0.400. The lowest BCUT2D eigenvalue weighted by atomic mass is 10.1. The molecule has 2 aromatic rings. The largest absolute Gasteiger partial charge is 0.478 e. The van der Waals surface area contributed by atoms with Crippen molar-refractivity contribution in [3.63, 3.8) is 0 Å². The van der Waals surface area contributed by atoms with Crippen LogP contribution in [0.1, 0.15) is 15.9 Å². The summed E-state index contributed by atoms with van der Waals surface area (Å²) in [5.74, 6) is -2.65. The van der Waals surface area contributed by atoms with Crippen LogP contribution in [0.25, 0.3) is 0 Å². The molecule has 10 heteroatoms. The molecule has 1 saturated heterocycles. The van der Waals surface area contributed by atoms with E-state index in [1.165, 1.54) is 53.4 Å². The van der Waals surface area contributed by atoms with Gasteiger partial charge < -0.3 is 30.9 Å². The highest BCUT2D eigenvalue weighted by molar-refractivity contribution is 6.04. The second kappa shape index (κ2) is 8.72. The van der Waals surface area contributed by atoms with E-state index < -0.39 is 30.0 Å². The normalized spacial score (nSPS) is 17.3. The van der Waals surface area contributed by atoms with Gasteiger partial charge in [-0.3, -0.25) is 15.0 Å². The van der Waals surface area contributed by atoms with E-state index in [1.807, 2.05) is 0 Å². The van der Waals surface area contributed by atoms with Gasteiger partial charge in [0, 0.05) is 23.5 Å². The maximum atomic E-state index is 12.8. The number of nitrogens with one attached hydrogen (secondary N) is 2. The van der Waals surface area contributed by atoms with Gasteiger partial charge in [0.25, 0.3) is 11.8 Å². The third kappa shape index (κ3) is 4.45. The number of aliphatic hydroxyl groups is 1. The smallest absolute Gasteiger partial charge is 0.335 e. The molecular formula is C20H20N4O6. The van der Waals surface area contributed by atoms with E-state index in [2.05, 4.69) is 5.32 Å². The number of nitrogens with zero attached hydrogens (tertiary/aromatic N) is 1. The zero-order valence-corrected chi connectivity index (χ0v) is 15.7. The molecule has 1 fully saturated rings. The summed E-state index contributed by atoms with van der Waals surface area (Å²) >= 11 is 0.